The number of aromatic nitrogens is 1. The first-order valence-corrected chi connectivity index (χ1v) is 12.3. The second-order valence-electron chi connectivity index (χ2n) is 8.38. The van der Waals surface area contributed by atoms with Crippen molar-refractivity contribution in [1.29, 1.82) is 5.26 Å². The van der Waals surface area contributed by atoms with Crippen LogP contribution >= 0.6 is 11.8 Å². The second kappa shape index (κ2) is 10.6. The molecule has 174 valence electrons. The number of pyridine rings is 1. The normalized spacial score (nSPS) is 10.6. The molecule has 0 aliphatic heterocycles. The third-order valence-corrected chi connectivity index (χ3v) is 7.02. The van der Waals surface area contributed by atoms with Gasteiger partial charge in [-0.3, -0.25) is 4.79 Å². The highest BCUT2D eigenvalue weighted by Gasteiger charge is 2.20. The van der Waals surface area contributed by atoms with Gasteiger partial charge >= 0.3 is 0 Å². The molecule has 0 atom stereocenters. The van der Waals surface area contributed by atoms with Gasteiger partial charge in [-0.1, -0.05) is 66.4 Å². The number of benzene rings is 3. The first kappa shape index (κ1) is 24.3. The number of rotatable bonds is 7. The summed E-state index contributed by atoms with van der Waals surface area (Å²) in [6.07, 6.45) is 0. The van der Waals surface area contributed by atoms with Gasteiger partial charge in [-0.2, -0.15) is 5.26 Å². The Morgan fingerprint density at radius 2 is 1.60 bits per heavy atom. The lowest BCUT2D eigenvalue weighted by atomic mass is 9.98. The molecule has 0 bridgehead atoms. The predicted octanol–water partition coefficient (Wildman–Crippen LogP) is 7.20. The molecular weight excluding hydrogens is 452 g/mol. The molecule has 5 heteroatoms. The van der Waals surface area contributed by atoms with Gasteiger partial charge in [0, 0.05) is 22.3 Å². The van der Waals surface area contributed by atoms with Crippen molar-refractivity contribution in [3.63, 3.8) is 0 Å². The monoisotopic (exact) mass is 478 g/mol. The van der Waals surface area contributed by atoms with Crippen LogP contribution in [0.3, 0.4) is 0 Å². The van der Waals surface area contributed by atoms with Crippen LogP contribution in [0.15, 0.2) is 77.8 Å². The minimum absolute atomic E-state index is 0.0187. The van der Waals surface area contributed by atoms with Gasteiger partial charge in [0.2, 0.25) is 0 Å². The van der Waals surface area contributed by atoms with E-state index in [0.29, 0.717) is 21.9 Å². The Morgan fingerprint density at radius 1 is 0.914 bits per heavy atom. The fourth-order valence-electron chi connectivity index (χ4n) is 4.04. The molecule has 1 heterocycles. The Morgan fingerprint density at radius 3 is 2.31 bits per heavy atom. The van der Waals surface area contributed by atoms with Crippen molar-refractivity contribution in [2.75, 3.05) is 12.9 Å². The van der Waals surface area contributed by atoms with Crippen molar-refractivity contribution in [2.24, 2.45) is 0 Å². The van der Waals surface area contributed by atoms with E-state index in [4.69, 9.17) is 9.72 Å². The lowest BCUT2D eigenvalue weighted by molar-refractivity contribution is 0.102. The van der Waals surface area contributed by atoms with Gasteiger partial charge in [-0.25, -0.2) is 4.98 Å². The topological polar surface area (TPSA) is 63.0 Å². The average molecular weight is 479 g/mol. The third-order valence-electron chi connectivity index (χ3n) is 6.05. The molecule has 0 spiro atoms. The Kier molecular flexibility index (Phi) is 7.33. The summed E-state index contributed by atoms with van der Waals surface area (Å²) < 4.78 is 5.58. The standard InChI is InChI=1S/C30H26N2O2S/c1-19-14-21(3)24(15-20(19)2)28(33)18-35-30-26(17-31)25(23-12-8-9-13-29(23)34-4)16-27(32-30)22-10-6-5-7-11-22/h5-16H,18H2,1-4H3. The van der Waals surface area contributed by atoms with Gasteiger partial charge in [-0.15, -0.1) is 0 Å². The highest BCUT2D eigenvalue weighted by atomic mass is 32.2. The maximum absolute atomic E-state index is 13.2. The fourth-order valence-corrected chi connectivity index (χ4v) is 4.93. The van der Waals surface area contributed by atoms with Crippen LogP contribution in [0.2, 0.25) is 0 Å². The molecule has 0 unspecified atom stereocenters. The van der Waals surface area contributed by atoms with Gasteiger partial charge in [0.1, 0.15) is 16.8 Å². The first-order chi connectivity index (χ1) is 16.9. The number of ether oxygens (including phenoxy) is 1. The minimum atomic E-state index is 0.0187. The number of para-hydroxylation sites is 1. The van der Waals surface area contributed by atoms with Crippen molar-refractivity contribution < 1.29 is 9.53 Å². The Hall–Kier alpha value is -3.88. The molecule has 4 aromatic rings. The van der Waals surface area contributed by atoms with Crippen molar-refractivity contribution in [2.45, 2.75) is 25.8 Å². The number of nitrogens with zero attached hydrogens (tertiary/aromatic N) is 2. The molecule has 0 saturated carbocycles. The summed E-state index contributed by atoms with van der Waals surface area (Å²) in [6.45, 7) is 6.01. The average Bonchev–Trinajstić information content (AvgIpc) is 2.89. The molecular formula is C30H26N2O2S. The Balaban J connectivity index is 1.79. The second-order valence-corrected chi connectivity index (χ2v) is 9.34. The Bertz CT molecular complexity index is 1440. The quantitative estimate of drug-likeness (QED) is 0.208. The summed E-state index contributed by atoms with van der Waals surface area (Å²) in [5, 5.41) is 10.7. The molecule has 4 nitrogen and oxygen atoms in total. The lowest BCUT2D eigenvalue weighted by Gasteiger charge is -2.15. The number of aryl methyl sites for hydroxylation is 3. The summed E-state index contributed by atoms with van der Waals surface area (Å²) in [5.74, 6) is 0.881. The molecule has 0 amide bonds. The van der Waals surface area contributed by atoms with Crippen LogP contribution < -0.4 is 4.74 Å². The van der Waals surface area contributed by atoms with Gasteiger partial charge in [0.25, 0.3) is 0 Å². The van der Waals surface area contributed by atoms with E-state index < -0.39 is 0 Å². The molecule has 0 fully saturated rings. The smallest absolute Gasteiger partial charge is 0.173 e. The van der Waals surface area contributed by atoms with Gasteiger partial charge in [0.05, 0.1) is 24.1 Å². The Labute approximate surface area is 210 Å². The summed E-state index contributed by atoms with van der Waals surface area (Å²) in [4.78, 5) is 18.0. The van der Waals surface area contributed by atoms with Crippen molar-refractivity contribution in [1.82, 2.24) is 4.98 Å². The highest BCUT2D eigenvalue weighted by Crippen LogP contribution is 2.38. The van der Waals surface area contributed by atoms with Crippen LogP contribution in [-0.4, -0.2) is 23.6 Å². The fraction of sp³-hybridized carbons (Fsp3) is 0.167. The number of carbonyl (C=O) groups is 1. The number of hydrogen-bond donors (Lipinski definition) is 0. The number of carbonyl (C=O) groups excluding carboxylic acids is 1. The molecule has 4 rings (SSSR count). The number of methoxy groups -OCH3 is 1. The van der Waals surface area contributed by atoms with Crippen LogP contribution in [0.1, 0.15) is 32.6 Å². The van der Waals surface area contributed by atoms with Gasteiger partial charge < -0.3 is 4.74 Å². The summed E-state index contributed by atoms with van der Waals surface area (Å²) in [5.41, 5.74) is 7.57. The number of thioether (sulfide) groups is 1. The van der Waals surface area contributed by atoms with E-state index in [2.05, 4.69) is 6.07 Å². The molecule has 0 aliphatic carbocycles. The van der Waals surface area contributed by atoms with Gasteiger partial charge in [-0.05, 0) is 55.7 Å². The largest absolute Gasteiger partial charge is 0.496 e. The summed E-state index contributed by atoms with van der Waals surface area (Å²) >= 11 is 1.30. The van der Waals surface area contributed by atoms with Crippen LogP contribution in [0.25, 0.3) is 22.4 Å². The van der Waals surface area contributed by atoms with Crippen LogP contribution in [0, 0.1) is 32.1 Å². The third kappa shape index (κ3) is 5.13. The minimum Gasteiger partial charge on any atom is -0.496 e. The van der Waals surface area contributed by atoms with Gasteiger partial charge in [0.15, 0.2) is 5.78 Å². The van der Waals surface area contributed by atoms with Crippen LogP contribution in [0.4, 0.5) is 0 Å². The molecule has 0 saturated heterocycles. The van der Waals surface area contributed by atoms with Crippen molar-refractivity contribution in [3.8, 4) is 34.2 Å². The van der Waals surface area contributed by atoms with E-state index in [1.807, 2.05) is 93.6 Å². The van der Waals surface area contributed by atoms with Crippen molar-refractivity contribution >= 4 is 17.5 Å². The maximum atomic E-state index is 13.2. The maximum Gasteiger partial charge on any atom is 0.173 e. The number of ketones is 1. The number of Topliss-reactive ketones (excluding diaryl/α,β-unsaturated/α-hetero) is 1. The summed E-state index contributed by atoms with van der Waals surface area (Å²) in [7, 11) is 1.62. The van der Waals surface area contributed by atoms with E-state index in [-0.39, 0.29) is 11.5 Å². The zero-order valence-electron chi connectivity index (χ0n) is 20.3. The molecule has 0 radical (unpaired) electrons. The molecule has 35 heavy (non-hydrogen) atoms. The molecule has 3 aromatic carbocycles. The van der Waals surface area contributed by atoms with Crippen LogP contribution in [0.5, 0.6) is 5.75 Å². The SMILES string of the molecule is COc1ccccc1-c1cc(-c2ccccc2)nc(SCC(=O)c2cc(C)c(C)cc2C)c1C#N. The first-order valence-electron chi connectivity index (χ1n) is 11.3. The lowest BCUT2D eigenvalue weighted by Crippen LogP contribution is -2.07. The van der Waals surface area contributed by atoms with E-state index in [0.717, 1.165) is 39.1 Å². The zero-order chi connectivity index (χ0) is 24.9. The predicted molar refractivity (Wildman–Crippen MR) is 142 cm³/mol. The molecule has 0 N–H and O–H groups in total. The van der Waals surface area contributed by atoms with Crippen LogP contribution in [-0.2, 0) is 0 Å². The van der Waals surface area contributed by atoms with E-state index >= 15 is 0 Å². The van der Waals surface area contributed by atoms with E-state index in [1.165, 1.54) is 11.8 Å². The zero-order valence-corrected chi connectivity index (χ0v) is 21.1. The molecule has 0 aliphatic rings. The van der Waals surface area contributed by atoms with E-state index in [1.54, 1.807) is 7.11 Å². The summed E-state index contributed by atoms with van der Waals surface area (Å²) in [6, 6.07) is 25.7. The van der Waals surface area contributed by atoms with Crippen molar-refractivity contribution in [3.05, 3.63) is 101 Å². The molecule has 1 aromatic heterocycles. The van der Waals surface area contributed by atoms with E-state index in [9.17, 15) is 10.1 Å². The highest BCUT2D eigenvalue weighted by molar-refractivity contribution is 8.00. The number of hydrogen-bond acceptors (Lipinski definition) is 5. The number of nitriles is 1.